The van der Waals surface area contributed by atoms with Crippen LogP contribution in [0.15, 0.2) is 35.2 Å². The van der Waals surface area contributed by atoms with Gasteiger partial charge in [-0.25, -0.2) is 4.98 Å². The first kappa shape index (κ1) is 15.1. The zero-order valence-electron chi connectivity index (χ0n) is 12.0. The lowest BCUT2D eigenvalue weighted by atomic mass is 10.0. The molecule has 1 aromatic carbocycles. The van der Waals surface area contributed by atoms with Crippen molar-refractivity contribution in [3.05, 3.63) is 40.9 Å². The number of methoxy groups -OCH3 is 1. The lowest BCUT2D eigenvalue weighted by Gasteiger charge is -2.17. The first-order valence-electron chi connectivity index (χ1n) is 6.64. The summed E-state index contributed by atoms with van der Waals surface area (Å²) < 4.78 is 8.28. The summed E-state index contributed by atoms with van der Waals surface area (Å²) in [6.45, 7) is 4.34. The maximum absolute atomic E-state index is 6.28. The molecular weight excluding hydrogens is 318 g/mol. The number of imidazole rings is 1. The van der Waals surface area contributed by atoms with Gasteiger partial charge in [-0.15, -0.1) is 0 Å². The molecule has 0 saturated carbocycles. The molecular formula is C15H20BrN3O. The van der Waals surface area contributed by atoms with Gasteiger partial charge in [0.25, 0.3) is 0 Å². The second kappa shape index (κ2) is 6.41. The summed E-state index contributed by atoms with van der Waals surface area (Å²) in [5.74, 6) is 1.34. The van der Waals surface area contributed by atoms with E-state index in [1.54, 1.807) is 13.4 Å². The van der Waals surface area contributed by atoms with Crippen molar-refractivity contribution in [3.63, 3.8) is 0 Å². The fourth-order valence-corrected chi connectivity index (χ4v) is 2.63. The smallest absolute Gasteiger partial charge is 0.135 e. The van der Waals surface area contributed by atoms with Crippen LogP contribution < -0.4 is 10.5 Å². The molecule has 0 amide bonds. The maximum atomic E-state index is 6.28. The van der Waals surface area contributed by atoms with Crippen LogP contribution >= 0.6 is 15.9 Å². The summed E-state index contributed by atoms with van der Waals surface area (Å²) in [4.78, 5) is 4.24. The Hall–Kier alpha value is -1.33. The molecule has 2 rings (SSSR count). The molecule has 108 valence electrons. The molecule has 5 heteroatoms. The van der Waals surface area contributed by atoms with E-state index in [1.165, 1.54) is 0 Å². The van der Waals surface area contributed by atoms with Crippen molar-refractivity contribution in [1.29, 1.82) is 0 Å². The second-order valence-electron chi connectivity index (χ2n) is 5.24. The average molecular weight is 338 g/mol. The topological polar surface area (TPSA) is 53.1 Å². The van der Waals surface area contributed by atoms with E-state index >= 15 is 0 Å². The highest BCUT2D eigenvalue weighted by Gasteiger charge is 2.15. The van der Waals surface area contributed by atoms with Crippen molar-refractivity contribution < 1.29 is 4.74 Å². The van der Waals surface area contributed by atoms with E-state index in [0.29, 0.717) is 5.92 Å². The number of nitrogens with two attached hydrogens (primary N) is 1. The third kappa shape index (κ3) is 3.22. The number of hydrogen-bond donors (Lipinski definition) is 1. The van der Waals surface area contributed by atoms with Gasteiger partial charge in [0.2, 0.25) is 0 Å². The molecule has 0 aliphatic rings. The Morgan fingerprint density at radius 1 is 1.40 bits per heavy atom. The first-order chi connectivity index (χ1) is 9.52. The Labute approximate surface area is 128 Å². The molecule has 1 aromatic heterocycles. The minimum Gasteiger partial charge on any atom is -0.495 e. The third-order valence-electron chi connectivity index (χ3n) is 3.19. The minimum atomic E-state index is -0.0212. The summed E-state index contributed by atoms with van der Waals surface area (Å²) >= 11 is 3.46. The van der Waals surface area contributed by atoms with E-state index in [9.17, 15) is 0 Å². The predicted octanol–water partition coefficient (Wildman–Crippen LogP) is 3.69. The molecule has 0 spiro atoms. The van der Waals surface area contributed by atoms with Gasteiger partial charge in [0.15, 0.2) is 0 Å². The number of halogens is 1. The van der Waals surface area contributed by atoms with Crippen molar-refractivity contribution in [2.24, 2.45) is 11.7 Å². The van der Waals surface area contributed by atoms with E-state index in [2.05, 4.69) is 34.8 Å². The average Bonchev–Trinajstić information content (AvgIpc) is 2.88. The SMILES string of the molecule is COc1cc(-n2cncc2C(N)CC(C)C)ccc1Br. The van der Waals surface area contributed by atoms with Crippen LogP contribution in [0.25, 0.3) is 5.69 Å². The van der Waals surface area contributed by atoms with Crippen LogP contribution in [0.1, 0.15) is 32.0 Å². The van der Waals surface area contributed by atoms with Gasteiger partial charge in [-0.1, -0.05) is 13.8 Å². The molecule has 4 nitrogen and oxygen atoms in total. The highest BCUT2D eigenvalue weighted by molar-refractivity contribution is 9.10. The van der Waals surface area contributed by atoms with Gasteiger partial charge in [-0.3, -0.25) is 0 Å². The predicted molar refractivity (Wildman–Crippen MR) is 84.2 cm³/mol. The lowest BCUT2D eigenvalue weighted by Crippen LogP contribution is -2.16. The van der Waals surface area contributed by atoms with Crippen molar-refractivity contribution in [2.75, 3.05) is 7.11 Å². The first-order valence-corrected chi connectivity index (χ1v) is 7.44. The third-order valence-corrected chi connectivity index (χ3v) is 3.84. The van der Waals surface area contributed by atoms with Gasteiger partial charge in [-0.2, -0.15) is 0 Å². The Balaban J connectivity index is 2.36. The Kier molecular flexibility index (Phi) is 4.83. The number of nitrogens with zero attached hydrogens (tertiary/aromatic N) is 2. The molecule has 0 fully saturated rings. The van der Waals surface area contributed by atoms with E-state index < -0.39 is 0 Å². The molecule has 1 atom stereocenters. The summed E-state index contributed by atoms with van der Waals surface area (Å²) in [6, 6.07) is 5.93. The van der Waals surface area contributed by atoms with Crippen LogP contribution in [0.3, 0.4) is 0 Å². The van der Waals surface area contributed by atoms with Crippen LogP contribution in [0.2, 0.25) is 0 Å². The molecule has 0 saturated heterocycles. The number of ether oxygens (including phenoxy) is 1. The number of rotatable bonds is 5. The fourth-order valence-electron chi connectivity index (χ4n) is 2.22. The minimum absolute atomic E-state index is 0.0212. The monoisotopic (exact) mass is 337 g/mol. The molecule has 0 radical (unpaired) electrons. The van der Waals surface area contributed by atoms with Gasteiger partial charge in [-0.05, 0) is 40.4 Å². The highest BCUT2D eigenvalue weighted by Crippen LogP contribution is 2.29. The van der Waals surface area contributed by atoms with Crippen LogP contribution in [0.4, 0.5) is 0 Å². The Bertz CT molecular complexity index is 580. The molecule has 0 aliphatic heterocycles. The maximum Gasteiger partial charge on any atom is 0.135 e. The summed E-state index contributed by atoms with van der Waals surface area (Å²) in [5, 5.41) is 0. The molecule has 1 unspecified atom stereocenters. The van der Waals surface area contributed by atoms with Crippen LogP contribution in [0.5, 0.6) is 5.75 Å². The Morgan fingerprint density at radius 2 is 2.15 bits per heavy atom. The number of hydrogen-bond acceptors (Lipinski definition) is 3. The molecule has 20 heavy (non-hydrogen) atoms. The van der Waals surface area contributed by atoms with Crippen molar-refractivity contribution in [1.82, 2.24) is 9.55 Å². The normalized spacial score (nSPS) is 12.7. The number of aromatic nitrogens is 2. The van der Waals surface area contributed by atoms with E-state index in [4.69, 9.17) is 10.5 Å². The molecule has 2 aromatic rings. The lowest BCUT2D eigenvalue weighted by molar-refractivity contribution is 0.412. The molecule has 0 aliphatic carbocycles. The Morgan fingerprint density at radius 3 is 2.80 bits per heavy atom. The van der Waals surface area contributed by atoms with Gasteiger partial charge in [0, 0.05) is 12.1 Å². The largest absolute Gasteiger partial charge is 0.495 e. The van der Waals surface area contributed by atoms with E-state index in [0.717, 1.165) is 28.0 Å². The highest BCUT2D eigenvalue weighted by atomic mass is 79.9. The van der Waals surface area contributed by atoms with Crippen molar-refractivity contribution >= 4 is 15.9 Å². The van der Waals surface area contributed by atoms with Crippen molar-refractivity contribution in [3.8, 4) is 11.4 Å². The summed E-state index contributed by atoms with van der Waals surface area (Å²) in [5.41, 5.74) is 8.29. The zero-order chi connectivity index (χ0) is 14.7. The quantitative estimate of drug-likeness (QED) is 0.905. The van der Waals surface area contributed by atoms with E-state index in [-0.39, 0.29) is 6.04 Å². The number of benzene rings is 1. The molecule has 1 heterocycles. The second-order valence-corrected chi connectivity index (χ2v) is 6.10. The molecule has 2 N–H and O–H groups in total. The van der Waals surface area contributed by atoms with E-state index in [1.807, 2.05) is 29.0 Å². The van der Waals surface area contributed by atoms with Gasteiger partial charge in [0.05, 0.1) is 35.5 Å². The van der Waals surface area contributed by atoms with Crippen LogP contribution in [-0.2, 0) is 0 Å². The van der Waals surface area contributed by atoms with Crippen LogP contribution in [-0.4, -0.2) is 16.7 Å². The summed E-state index contributed by atoms with van der Waals surface area (Å²) in [7, 11) is 1.66. The van der Waals surface area contributed by atoms with Gasteiger partial charge in [0.1, 0.15) is 5.75 Å². The zero-order valence-corrected chi connectivity index (χ0v) is 13.6. The van der Waals surface area contributed by atoms with Crippen LogP contribution in [0, 0.1) is 5.92 Å². The molecule has 0 bridgehead atoms. The standard InChI is InChI=1S/C15H20BrN3O/c1-10(2)6-13(17)14-8-18-9-19(14)11-4-5-12(16)15(7-11)20-3/h4-5,7-10,13H,6,17H2,1-3H3. The summed E-state index contributed by atoms with van der Waals surface area (Å²) in [6.07, 6.45) is 4.55. The van der Waals surface area contributed by atoms with Gasteiger partial charge < -0.3 is 15.0 Å². The van der Waals surface area contributed by atoms with Crippen molar-refractivity contribution in [2.45, 2.75) is 26.3 Å². The fraction of sp³-hybridized carbons (Fsp3) is 0.400. The van der Waals surface area contributed by atoms with Gasteiger partial charge >= 0.3 is 0 Å².